The van der Waals surface area contributed by atoms with Gasteiger partial charge in [0.2, 0.25) is 0 Å². The lowest BCUT2D eigenvalue weighted by Gasteiger charge is -2.27. The van der Waals surface area contributed by atoms with Crippen molar-refractivity contribution in [3.63, 3.8) is 0 Å². The highest BCUT2D eigenvalue weighted by Crippen LogP contribution is 2.60. The van der Waals surface area contributed by atoms with Crippen molar-refractivity contribution in [3.8, 4) is 0 Å². The fourth-order valence-corrected chi connectivity index (χ4v) is 3.93. The summed E-state index contributed by atoms with van der Waals surface area (Å²) in [4.78, 5) is 1.90. The molecule has 1 saturated heterocycles. The largest absolute Gasteiger partial charge is 0.366 e. The molecule has 2 fully saturated rings. The highest BCUT2D eigenvalue weighted by atomic mass is 19.1. The molecule has 1 aliphatic heterocycles. The van der Waals surface area contributed by atoms with Gasteiger partial charge in [-0.2, -0.15) is 0 Å². The van der Waals surface area contributed by atoms with Crippen molar-refractivity contribution >= 4 is 5.69 Å². The number of fused-ring (bicyclic) bond motifs is 1. The van der Waals surface area contributed by atoms with Gasteiger partial charge in [-0.05, 0) is 41.7 Å². The molecule has 0 amide bonds. The lowest BCUT2D eigenvalue weighted by atomic mass is 9.87. The number of anilines is 1. The molecule has 104 valence electrons. The lowest BCUT2D eigenvalue weighted by Crippen LogP contribution is -2.29. The molecule has 2 aliphatic rings. The van der Waals surface area contributed by atoms with Gasteiger partial charge in [0.05, 0.1) is 0 Å². The molecule has 1 aliphatic carbocycles. The zero-order valence-electron chi connectivity index (χ0n) is 12.0. The fraction of sp³-hybridized carbons (Fsp3) is 0.625. The van der Waals surface area contributed by atoms with E-state index in [1.807, 2.05) is 4.90 Å². The lowest BCUT2D eigenvalue weighted by molar-refractivity contribution is 0.308. The average molecular weight is 265 g/mol. The van der Waals surface area contributed by atoms with E-state index in [9.17, 15) is 8.78 Å². The number of hydrogen-bond acceptors (Lipinski definition) is 1. The van der Waals surface area contributed by atoms with Gasteiger partial charge in [0.1, 0.15) is 11.5 Å². The van der Waals surface area contributed by atoms with Crippen molar-refractivity contribution in [1.29, 1.82) is 0 Å². The van der Waals surface area contributed by atoms with Crippen LogP contribution in [0.3, 0.4) is 0 Å². The monoisotopic (exact) mass is 265 g/mol. The first-order chi connectivity index (χ1) is 8.80. The van der Waals surface area contributed by atoms with E-state index in [1.54, 1.807) is 6.92 Å². The molecule has 0 bridgehead atoms. The Hall–Kier alpha value is -1.12. The van der Waals surface area contributed by atoms with Gasteiger partial charge < -0.3 is 4.90 Å². The summed E-state index contributed by atoms with van der Waals surface area (Å²) in [6.07, 6.45) is 0. The molecule has 0 radical (unpaired) electrons. The number of rotatable bonds is 1. The zero-order chi connectivity index (χ0) is 13.9. The zero-order valence-corrected chi connectivity index (χ0v) is 12.0. The first-order valence-corrected chi connectivity index (χ1v) is 7.00. The van der Waals surface area contributed by atoms with Crippen LogP contribution in [0, 0.1) is 41.7 Å². The van der Waals surface area contributed by atoms with Crippen molar-refractivity contribution in [2.75, 3.05) is 18.0 Å². The van der Waals surface area contributed by atoms with Gasteiger partial charge in [-0.15, -0.1) is 0 Å². The second kappa shape index (κ2) is 3.94. The molecular weight excluding hydrogens is 244 g/mol. The van der Waals surface area contributed by atoms with Crippen LogP contribution in [0.2, 0.25) is 0 Å². The van der Waals surface area contributed by atoms with Crippen molar-refractivity contribution in [2.24, 2.45) is 23.2 Å². The SMILES string of the molecule is Cc1ccc(F)c(N2CC3C(C2)C3C(C)(C)C)c1F. The standard InChI is InChI=1S/C16H21F2N/c1-9-5-6-12(17)15(14(9)18)19-7-10-11(8-19)13(10)16(2,3)4/h5-6,10-11,13H,7-8H2,1-4H3. The first kappa shape index (κ1) is 12.9. The van der Waals surface area contributed by atoms with Gasteiger partial charge in [0, 0.05) is 13.1 Å². The summed E-state index contributed by atoms with van der Waals surface area (Å²) >= 11 is 0. The normalized spacial score (nSPS) is 29.6. The van der Waals surface area contributed by atoms with Crippen LogP contribution in [0.15, 0.2) is 12.1 Å². The van der Waals surface area contributed by atoms with E-state index in [2.05, 4.69) is 20.8 Å². The third-order valence-electron chi connectivity index (χ3n) is 4.77. The predicted octanol–water partition coefficient (Wildman–Crippen LogP) is 4.00. The number of piperidine rings is 1. The van der Waals surface area contributed by atoms with Gasteiger partial charge in [-0.3, -0.25) is 0 Å². The van der Waals surface area contributed by atoms with Crippen LogP contribution in [-0.4, -0.2) is 13.1 Å². The first-order valence-electron chi connectivity index (χ1n) is 7.00. The predicted molar refractivity (Wildman–Crippen MR) is 73.2 cm³/mol. The van der Waals surface area contributed by atoms with E-state index in [0.717, 1.165) is 13.1 Å². The van der Waals surface area contributed by atoms with Crippen molar-refractivity contribution < 1.29 is 8.78 Å². The maximum atomic E-state index is 14.1. The number of halogens is 2. The summed E-state index contributed by atoms with van der Waals surface area (Å²) in [5.41, 5.74) is 1.01. The molecule has 0 spiro atoms. The van der Waals surface area contributed by atoms with Crippen LogP contribution in [0.5, 0.6) is 0 Å². The minimum Gasteiger partial charge on any atom is -0.366 e. The van der Waals surface area contributed by atoms with Crippen LogP contribution in [0.25, 0.3) is 0 Å². The molecule has 1 aromatic carbocycles. The third-order valence-corrected chi connectivity index (χ3v) is 4.77. The van der Waals surface area contributed by atoms with Gasteiger partial charge in [0.25, 0.3) is 0 Å². The van der Waals surface area contributed by atoms with Gasteiger partial charge in [-0.1, -0.05) is 26.8 Å². The Balaban J connectivity index is 1.81. The molecule has 1 heterocycles. The van der Waals surface area contributed by atoms with Crippen molar-refractivity contribution in [3.05, 3.63) is 29.3 Å². The molecule has 0 aromatic heterocycles. The Kier molecular flexibility index (Phi) is 2.67. The van der Waals surface area contributed by atoms with Crippen LogP contribution in [0.1, 0.15) is 26.3 Å². The van der Waals surface area contributed by atoms with E-state index in [-0.39, 0.29) is 5.69 Å². The molecule has 1 nitrogen and oxygen atoms in total. The van der Waals surface area contributed by atoms with E-state index in [0.29, 0.717) is 28.7 Å². The Morgan fingerprint density at radius 2 is 1.68 bits per heavy atom. The summed E-state index contributed by atoms with van der Waals surface area (Å²) in [6.45, 7) is 10.1. The highest BCUT2D eigenvalue weighted by Gasteiger charge is 2.60. The van der Waals surface area contributed by atoms with Gasteiger partial charge in [-0.25, -0.2) is 8.78 Å². The smallest absolute Gasteiger partial charge is 0.152 e. The maximum Gasteiger partial charge on any atom is 0.152 e. The van der Waals surface area contributed by atoms with E-state index < -0.39 is 11.6 Å². The molecule has 3 rings (SSSR count). The summed E-state index contributed by atoms with van der Waals surface area (Å²) in [5, 5.41) is 0. The summed E-state index contributed by atoms with van der Waals surface area (Å²) in [5.74, 6) is 1.10. The molecule has 0 N–H and O–H groups in total. The molecule has 3 heteroatoms. The number of hydrogen-bond donors (Lipinski definition) is 0. The molecule has 19 heavy (non-hydrogen) atoms. The van der Waals surface area contributed by atoms with Crippen molar-refractivity contribution in [1.82, 2.24) is 0 Å². The molecular formula is C16H21F2N. The number of benzene rings is 1. The van der Waals surface area contributed by atoms with Crippen molar-refractivity contribution in [2.45, 2.75) is 27.7 Å². The summed E-state index contributed by atoms with van der Waals surface area (Å²) < 4.78 is 28.0. The molecule has 1 aromatic rings. The highest BCUT2D eigenvalue weighted by molar-refractivity contribution is 5.53. The summed E-state index contributed by atoms with van der Waals surface area (Å²) in [6, 6.07) is 2.88. The Morgan fingerprint density at radius 1 is 1.11 bits per heavy atom. The van der Waals surface area contributed by atoms with Crippen LogP contribution >= 0.6 is 0 Å². The Labute approximate surface area is 113 Å². The van der Waals surface area contributed by atoms with Crippen LogP contribution in [-0.2, 0) is 0 Å². The summed E-state index contributed by atoms with van der Waals surface area (Å²) in [7, 11) is 0. The Bertz CT molecular complexity index is 506. The van der Waals surface area contributed by atoms with Crippen LogP contribution < -0.4 is 4.90 Å². The number of nitrogens with zero attached hydrogens (tertiary/aromatic N) is 1. The molecule has 2 unspecified atom stereocenters. The van der Waals surface area contributed by atoms with Gasteiger partial charge in [0.15, 0.2) is 5.82 Å². The average Bonchev–Trinajstić information content (AvgIpc) is 2.84. The minimum atomic E-state index is -0.434. The van der Waals surface area contributed by atoms with Crippen LogP contribution in [0.4, 0.5) is 14.5 Å². The second-order valence-corrected chi connectivity index (χ2v) is 7.15. The van der Waals surface area contributed by atoms with E-state index in [1.165, 1.54) is 12.1 Å². The third kappa shape index (κ3) is 1.94. The Morgan fingerprint density at radius 3 is 2.21 bits per heavy atom. The molecule has 1 saturated carbocycles. The van der Waals surface area contributed by atoms with E-state index in [4.69, 9.17) is 0 Å². The quantitative estimate of drug-likeness (QED) is 0.742. The molecule has 2 atom stereocenters. The minimum absolute atomic E-state index is 0.180. The van der Waals surface area contributed by atoms with Gasteiger partial charge >= 0.3 is 0 Å². The maximum absolute atomic E-state index is 14.1. The second-order valence-electron chi connectivity index (χ2n) is 7.15. The van der Waals surface area contributed by atoms with E-state index >= 15 is 0 Å². The topological polar surface area (TPSA) is 3.24 Å². The fourth-order valence-electron chi connectivity index (χ4n) is 3.93. The number of aryl methyl sites for hydroxylation is 1.